The maximum atomic E-state index is 13.7. The fourth-order valence-corrected chi connectivity index (χ4v) is 7.70. The molecule has 52 heavy (non-hydrogen) atoms. The Balaban J connectivity index is 5.01. The Morgan fingerprint density at radius 2 is 0.885 bits per heavy atom. The zero-order valence-electron chi connectivity index (χ0n) is 33.0. The van der Waals surface area contributed by atoms with Crippen LogP contribution in [-0.4, -0.2) is 68.7 Å². The summed E-state index contributed by atoms with van der Waals surface area (Å²) >= 11 is 0. The first-order valence-corrected chi connectivity index (χ1v) is 22.5. The van der Waals surface area contributed by atoms with Crippen molar-refractivity contribution in [3.8, 4) is 0 Å². The van der Waals surface area contributed by atoms with Crippen LogP contribution < -0.4 is 5.73 Å². The van der Waals surface area contributed by atoms with E-state index in [9.17, 15) is 34.1 Å². The third-order valence-corrected chi connectivity index (χ3v) is 11.0. The molecule has 308 valence electrons. The van der Waals surface area contributed by atoms with Crippen molar-refractivity contribution in [3.63, 3.8) is 0 Å². The van der Waals surface area contributed by atoms with Crippen molar-refractivity contribution in [3.05, 3.63) is 0 Å². The first kappa shape index (κ1) is 50.8. The predicted molar refractivity (Wildman–Crippen MR) is 208 cm³/mol. The lowest BCUT2D eigenvalue weighted by Crippen LogP contribution is -2.58. The molecule has 0 bridgehead atoms. The number of aliphatic hydroxyl groups excluding tert-OH is 2. The second-order valence-electron chi connectivity index (χ2n) is 14.8. The predicted octanol–water partition coefficient (Wildman–Crippen LogP) is 9.50. The normalized spacial score (nSPS) is 14.3. The molecular weight excluding hydrogens is 685 g/mol. The number of hydrogen-bond donors (Lipinski definition) is 5. The lowest BCUT2D eigenvalue weighted by atomic mass is 9.82. The van der Waals surface area contributed by atoms with Crippen LogP contribution in [0, 0.1) is 0 Å². The van der Waals surface area contributed by atoms with Crippen LogP contribution in [0.3, 0.4) is 0 Å². The van der Waals surface area contributed by atoms with Crippen LogP contribution in [0.1, 0.15) is 206 Å². The van der Waals surface area contributed by atoms with Crippen molar-refractivity contribution in [2.75, 3.05) is 13.2 Å². The van der Waals surface area contributed by atoms with Crippen molar-refractivity contribution in [1.82, 2.24) is 0 Å². The monoisotopic (exact) mass is 764 g/mol. The van der Waals surface area contributed by atoms with Crippen LogP contribution in [0.25, 0.3) is 0 Å². The Hall–Kier alpha value is -1.20. The number of Topliss-reactive ketones (excluding diaryl/α,β-unsaturated/α-hetero) is 2. The van der Waals surface area contributed by atoms with Gasteiger partial charge < -0.3 is 25.9 Å². The molecule has 6 N–H and O–H groups in total. The zero-order valence-corrected chi connectivity index (χ0v) is 33.9. The van der Waals surface area contributed by atoms with E-state index in [1.165, 1.54) is 116 Å². The van der Waals surface area contributed by atoms with Crippen molar-refractivity contribution < 1.29 is 48.2 Å². The summed E-state index contributed by atoms with van der Waals surface area (Å²) in [5, 5.41) is 29.8. The third-order valence-electron chi connectivity index (χ3n) is 9.98. The largest absolute Gasteiger partial charge is 0.480 e. The average molecular weight is 764 g/mol. The molecule has 0 rings (SSSR count). The van der Waals surface area contributed by atoms with Crippen LogP contribution in [0.15, 0.2) is 0 Å². The number of hydrogen-bond acceptors (Lipinski definition) is 9. The van der Waals surface area contributed by atoms with E-state index in [-0.39, 0.29) is 12.8 Å². The van der Waals surface area contributed by atoms with Gasteiger partial charge in [0.1, 0.15) is 12.1 Å². The minimum atomic E-state index is -5.29. The Morgan fingerprint density at radius 3 is 1.15 bits per heavy atom. The first-order chi connectivity index (χ1) is 25.0. The molecule has 0 aromatic rings. The standard InChI is InChI=1S/C40H78NO10P/c1-3-5-7-9-11-13-15-17-19-21-23-25-27-29-31-36(43)40(38(45)33-42,51-52(48,49)50-34-35(41)39(46)47)37(44)32-30-28-26-24-22-20-18-16-14-12-10-8-6-4-2/h35,38,42,45H,3-34,41H2,1-2H3,(H,46,47)(H,48,49)/t35-,38-/m0/s1. The van der Waals surface area contributed by atoms with Gasteiger partial charge in [-0.3, -0.25) is 23.4 Å². The molecule has 3 atom stereocenters. The van der Waals surface area contributed by atoms with E-state index in [0.717, 1.165) is 38.5 Å². The molecule has 11 nitrogen and oxygen atoms in total. The second-order valence-corrected chi connectivity index (χ2v) is 16.2. The molecule has 0 saturated carbocycles. The molecule has 0 amide bonds. The van der Waals surface area contributed by atoms with Crippen molar-refractivity contribution in [1.29, 1.82) is 0 Å². The highest BCUT2D eigenvalue weighted by Gasteiger charge is 2.55. The van der Waals surface area contributed by atoms with Crippen molar-refractivity contribution in [2.45, 2.75) is 224 Å². The van der Waals surface area contributed by atoms with Crippen LogP contribution in [0.4, 0.5) is 0 Å². The van der Waals surface area contributed by atoms with Crippen molar-refractivity contribution in [2.24, 2.45) is 5.73 Å². The molecule has 0 aromatic carbocycles. The van der Waals surface area contributed by atoms with E-state index in [0.29, 0.717) is 25.7 Å². The van der Waals surface area contributed by atoms with Crippen LogP contribution in [0.2, 0.25) is 0 Å². The van der Waals surface area contributed by atoms with E-state index >= 15 is 0 Å². The fraction of sp³-hybridized carbons (Fsp3) is 0.925. The molecule has 0 radical (unpaired) electrons. The minimum absolute atomic E-state index is 0.214. The highest BCUT2D eigenvalue weighted by Crippen LogP contribution is 2.49. The molecule has 0 fully saturated rings. The fourth-order valence-electron chi connectivity index (χ4n) is 6.60. The molecule has 0 spiro atoms. The van der Waals surface area contributed by atoms with Crippen molar-refractivity contribution >= 4 is 25.4 Å². The number of aliphatic hydroxyl groups is 2. The van der Waals surface area contributed by atoms with Crippen LogP contribution in [-0.2, 0) is 28.0 Å². The van der Waals surface area contributed by atoms with Gasteiger partial charge in [-0.25, -0.2) is 4.57 Å². The smallest absolute Gasteiger partial charge is 0.473 e. The van der Waals surface area contributed by atoms with Gasteiger partial charge in [0.15, 0.2) is 11.6 Å². The summed E-state index contributed by atoms with van der Waals surface area (Å²) in [6.07, 6.45) is 28.4. The summed E-state index contributed by atoms with van der Waals surface area (Å²) in [5.41, 5.74) is 2.56. The molecule has 0 aliphatic carbocycles. The van der Waals surface area contributed by atoms with E-state index in [2.05, 4.69) is 13.8 Å². The number of nitrogens with two attached hydrogens (primary N) is 1. The van der Waals surface area contributed by atoms with Gasteiger partial charge >= 0.3 is 13.8 Å². The number of ketones is 2. The number of carbonyl (C=O) groups is 3. The van der Waals surface area contributed by atoms with Gasteiger partial charge in [-0.2, -0.15) is 0 Å². The molecular formula is C40H78NO10P. The second kappa shape index (κ2) is 33.2. The quantitative estimate of drug-likeness (QED) is 0.0227. The van der Waals surface area contributed by atoms with Gasteiger partial charge in [0, 0.05) is 12.8 Å². The average Bonchev–Trinajstić information content (AvgIpc) is 3.12. The van der Waals surface area contributed by atoms with E-state index in [1.54, 1.807) is 0 Å². The zero-order chi connectivity index (χ0) is 38.9. The Kier molecular flexibility index (Phi) is 32.4. The molecule has 0 aliphatic heterocycles. The Bertz CT molecular complexity index is 905. The van der Waals surface area contributed by atoms with Gasteiger partial charge in [0.25, 0.3) is 0 Å². The number of phosphoric ester groups is 1. The van der Waals surface area contributed by atoms with Gasteiger partial charge in [0.05, 0.1) is 13.2 Å². The summed E-state index contributed by atoms with van der Waals surface area (Å²) in [7, 11) is -5.29. The van der Waals surface area contributed by atoms with Crippen LogP contribution >= 0.6 is 7.82 Å². The molecule has 12 heteroatoms. The summed E-state index contributed by atoms with van der Waals surface area (Å²) < 4.78 is 22.9. The lowest BCUT2D eigenvalue weighted by Gasteiger charge is -2.35. The first-order valence-electron chi connectivity index (χ1n) is 21.0. The topological polar surface area (TPSA) is 194 Å². The summed E-state index contributed by atoms with van der Waals surface area (Å²) in [4.78, 5) is 48.9. The number of phosphoric acid groups is 1. The maximum Gasteiger partial charge on any atom is 0.473 e. The Morgan fingerprint density at radius 1 is 0.596 bits per heavy atom. The third kappa shape index (κ3) is 25.0. The van der Waals surface area contributed by atoms with E-state index in [1.807, 2.05) is 0 Å². The van der Waals surface area contributed by atoms with E-state index in [4.69, 9.17) is 19.9 Å². The number of carboxylic acids is 1. The van der Waals surface area contributed by atoms with Gasteiger partial charge in [0.2, 0.25) is 5.60 Å². The summed E-state index contributed by atoms with van der Waals surface area (Å²) in [5.74, 6) is -3.32. The maximum absolute atomic E-state index is 13.7. The number of rotatable bonds is 40. The Labute approximate surface area is 316 Å². The number of carbonyl (C=O) groups excluding carboxylic acids is 2. The van der Waals surface area contributed by atoms with Gasteiger partial charge in [-0.15, -0.1) is 0 Å². The highest BCUT2D eigenvalue weighted by atomic mass is 31.2. The highest BCUT2D eigenvalue weighted by molar-refractivity contribution is 7.47. The van der Waals surface area contributed by atoms with Gasteiger partial charge in [-0.1, -0.05) is 181 Å². The molecule has 0 aromatic heterocycles. The lowest BCUT2D eigenvalue weighted by molar-refractivity contribution is -0.165. The SMILES string of the molecule is CCCCCCCCCCCCCCCCC(=O)C(OP(=O)(O)OC[C@H](N)C(=O)O)(C(=O)CCCCCCCCCCCCCCCC)[C@@H](O)CO. The van der Waals surface area contributed by atoms with Crippen LogP contribution in [0.5, 0.6) is 0 Å². The summed E-state index contributed by atoms with van der Waals surface area (Å²) in [6, 6.07) is -1.67. The van der Waals surface area contributed by atoms with Gasteiger partial charge in [-0.05, 0) is 12.8 Å². The number of aliphatic carboxylic acids is 1. The summed E-state index contributed by atoms with van der Waals surface area (Å²) in [6.45, 7) is 2.43. The molecule has 1 unspecified atom stereocenters. The number of carboxylic acid groups (broad SMARTS) is 1. The molecule has 0 heterocycles. The molecule has 0 aliphatic rings. The number of unbranched alkanes of at least 4 members (excludes halogenated alkanes) is 26. The van der Waals surface area contributed by atoms with E-state index < -0.39 is 56.3 Å². The molecule has 0 saturated heterocycles. The minimum Gasteiger partial charge on any atom is -0.480 e.